The highest BCUT2D eigenvalue weighted by molar-refractivity contribution is 5.17. The topological polar surface area (TPSA) is 94.1 Å². The zero-order chi connectivity index (χ0) is 36.8. The molecule has 0 bridgehead atoms. The third-order valence-electron chi connectivity index (χ3n) is 9.49. The number of aliphatic hydroxyl groups is 1. The molecule has 9 heteroatoms. The van der Waals surface area contributed by atoms with Gasteiger partial charge in [0.15, 0.2) is 12.6 Å². The summed E-state index contributed by atoms with van der Waals surface area (Å²) in [5.41, 5.74) is 5.07. The Morgan fingerprint density at radius 3 is 1.13 bits per heavy atom. The van der Waals surface area contributed by atoms with Crippen LogP contribution in [0.2, 0.25) is 0 Å². The number of hydrogen-bond donors (Lipinski definition) is 1. The van der Waals surface area contributed by atoms with E-state index in [0.717, 1.165) is 27.8 Å². The molecule has 0 radical (unpaired) electrons. The lowest BCUT2D eigenvalue weighted by Gasteiger charge is -2.29. The second-order valence-corrected chi connectivity index (χ2v) is 13.5. The van der Waals surface area contributed by atoms with Crippen molar-refractivity contribution in [3.8, 4) is 0 Å². The number of ether oxygens (including phenoxy) is 8. The Morgan fingerprint density at radius 2 is 0.722 bits per heavy atom. The number of aliphatic hydroxyl groups excluding tert-OH is 1. The zero-order valence-electron chi connectivity index (χ0n) is 30.2. The van der Waals surface area contributed by atoms with Crippen LogP contribution in [0.3, 0.4) is 0 Å². The van der Waals surface area contributed by atoms with Gasteiger partial charge in [-0.2, -0.15) is 0 Å². The van der Waals surface area contributed by atoms with Crippen molar-refractivity contribution in [2.24, 2.45) is 0 Å². The largest absolute Gasteiger partial charge is 0.374 e. The summed E-state index contributed by atoms with van der Waals surface area (Å²) in [5.74, 6) is 0. The van der Waals surface area contributed by atoms with E-state index in [2.05, 4.69) is 0 Å². The predicted molar refractivity (Wildman–Crippen MR) is 202 cm³/mol. The summed E-state index contributed by atoms with van der Waals surface area (Å²) in [6.07, 6.45) is -6.29. The third kappa shape index (κ3) is 10.7. The van der Waals surface area contributed by atoms with Crippen LogP contribution in [-0.2, 0) is 70.9 Å². The summed E-state index contributed by atoms with van der Waals surface area (Å²) in [6, 6.07) is 49.7. The van der Waals surface area contributed by atoms with Crippen LogP contribution in [0.1, 0.15) is 27.8 Å². The minimum absolute atomic E-state index is 0.184. The maximum atomic E-state index is 11.4. The molecule has 2 saturated heterocycles. The zero-order valence-corrected chi connectivity index (χ0v) is 30.2. The first-order valence-corrected chi connectivity index (χ1v) is 18.5. The molecule has 2 heterocycles. The summed E-state index contributed by atoms with van der Waals surface area (Å²) in [4.78, 5) is 0. The molecular formula is C45H48O9. The highest BCUT2D eigenvalue weighted by atomic mass is 16.8. The first kappa shape index (κ1) is 38.0. The van der Waals surface area contributed by atoms with Gasteiger partial charge < -0.3 is 43.0 Å². The molecule has 5 aromatic carbocycles. The highest BCUT2D eigenvalue weighted by Crippen LogP contribution is 2.35. The van der Waals surface area contributed by atoms with Gasteiger partial charge in [0.1, 0.15) is 36.6 Å². The Bertz CT molecular complexity index is 1760. The van der Waals surface area contributed by atoms with E-state index >= 15 is 0 Å². The molecule has 0 saturated carbocycles. The summed E-state index contributed by atoms with van der Waals surface area (Å²) in [5, 5.41) is 11.4. The van der Waals surface area contributed by atoms with Crippen molar-refractivity contribution < 1.29 is 43.0 Å². The van der Waals surface area contributed by atoms with Crippen molar-refractivity contribution in [3.63, 3.8) is 0 Å². The van der Waals surface area contributed by atoms with E-state index in [4.69, 9.17) is 37.9 Å². The van der Waals surface area contributed by atoms with Crippen molar-refractivity contribution >= 4 is 0 Å². The minimum atomic E-state index is -1.31. The van der Waals surface area contributed by atoms with Crippen LogP contribution in [0.5, 0.6) is 0 Å². The van der Waals surface area contributed by atoms with Crippen molar-refractivity contribution in [2.45, 2.75) is 82.2 Å². The van der Waals surface area contributed by atoms with Crippen LogP contribution in [-0.4, -0.2) is 67.5 Å². The average Bonchev–Trinajstić information content (AvgIpc) is 3.71. The van der Waals surface area contributed by atoms with Crippen LogP contribution in [0.4, 0.5) is 0 Å². The van der Waals surface area contributed by atoms with E-state index in [1.165, 1.54) is 0 Å². The van der Waals surface area contributed by atoms with E-state index in [0.29, 0.717) is 26.4 Å². The number of benzene rings is 5. The Morgan fingerprint density at radius 1 is 0.389 bits per heavy atom. The van der Waals surface area contributed by atoms with Gasteiger partial charge in [0.05, 0.1) is 46.2 Å². The van der Waals surface area contributed by atoms with Crippen LogP contribution >= 0.6 is 0 Å². The predicted octanol–water partition coefficient (Wildman–Crippen LogP) is 7.00. The molecule has 2 aliphatic rings. The van der Waals surface area contributed by atoms with Gasteiger partial charge in [-0.1, -0.05) is 152 Å². The maximum Gasteiger partial charge on any atom is 0.187 e. The molecule has 9 nitrogen and oxygen atoms in total. The lowest BCUT2D eigenvalue weighted by atomic mass is 10.1. The molecule has 54 heavy (non-hydrogen) atoms. The molecule has 282 valence electrons. The summed E-state index contributed by atoms with van der Waals surface area (Å²) in [7, 11) is 0. The Kier molecular flexibility index (Phi) is 14.0. The molecule has 2 aliphatic heterocycles. The maximum absolute atomic E-state index is 11.4. The van der Waals surface area contributed by atoms with Crippen LogP contribution < -0.4 is 0 Å². The molecule has 0 aliphatic carbocycles. The van der Waals surface area contributed by atoms with Crippen LogP contribution in [0.15, 0.2) is 152 Å². The fourth-order valence-corrected chi connectivity index (χ4v) is 6.69. The fraction of sp³-hybridized carbons (Fsp3) is 0.333. The Hall–Kier alpha value is -4.26. The highest BCUT2D eigenvalue weighted by Gasteiger charge is 2.53. The van der Waals surface area contributed by atoms with Crippen molar-refractivity contribution in [1.29, 1.82) is 0 Å². The Labute approximate surface area is 317 Å². The summed E-state index contributed by atoms with van der Waals surface area (Å²) < 4.78 is 51.5. The monoisotopic (exact) mass is 732 g/mol. The van der Waals surface area contributed by atoms with E-state index in [9.17, 15) is 5.11 Å². The number of rotatable bonds is 19. The second-order valence-electron chi connectivity index (χ2n) is 13.5. The van der Waals surface area contributed by atoms with Crippen molar-refractivity contribution in [1.82, 2.24) is 0 Å². The average molecular weight is 733 g/mol. The van der Waals surface area contributed by atoms with Gasteiger partial charge in [-0.3, -0.25) is 0 Å². The lowest BCUT2D eigenvalue weighted by molar-refractivity contribution is -0.246. The molecule has 7 rings (SSSR count). The first-order valence-electron chi connectivity index (χ1n) is 18.5. The van der Waals surface area contributed by atoms with Crippen LogP contribution in [0, 0.1) is 0 Å². The molecule has 5 aromatic rings. The standard InChI is InChI=1S/C45H48O9/c46-44-42(40(49-28-35-20-10-3-11-21-35)38(52-44)31-47-26-33-16-6-1-7-17-33)54-45-43(51-30-37-24-14-5-15-25-37)41(50-29-36-22-12-4-13-23-36)39(53-45)32-48-27-34-18-8-2-9-19-34/h1-25,38-46H,26-32H2/t38-,39-,40-,41-,42+,43+,44-,45-/m1/s1. The molecule has 0 aromatic heterocycles. The van der Waals surface area contributed by atoms with Gasteiger partial charge in [0, 0.05) is 0 Å². The molecule has 8 atom stereocenters. The van der Waals surface area contributed by atoms with E-state index in [1.807, 2.05) is 152 Å². The van der Waals surface area contributed by atoms with Gasteiger partial charge in [-0.15, -0.1) is 0 Å². The van der Waals surface area contributed by atoms with Crippen LogP contribution in [0.25, 0.3) is 0 Å². The van der Waals surface area contributed by atoms with E-state index < -0.39 is 49.2 Å². The SMILES string of the molecule is O[C@@H]1O[C@H](COCc2ccccc2)[C@@H](OCc2ccccc2)[C@@H]1O[C@H]1O[C@H](COCc2ccccc2)[C@@H](OCc2ccccc2)[C@@H]1OCc1ccccc1. The fourth-order valence-electron chi connectivity index (χ4n) is 6.69. The lowest BCUT2D eigenvalue weighted by Crippen LogP contribution is -2.45. The number of hydrogen-bond acceptors (Lipinski definition) is 9. The summed E-state index contributed by atoms with van der Waals surface area (Å²) in [6.45, 7) is 2.12. The quantitative estimate of drug-likeness (QED) is 0.0964. The van der Waals surface area contributed by atoms with Gasteiger partial charge >= 0.3 is 0 Å². The molecule has 2 fully saturated rings. The van der Waals surface area contributed by atoms with E-state index in [1.54, 1.807) is 0 Å². The Balaban J connectivity index is 1.11. The van der Waals surface area contributed by atoms with Gasteiger partial charge in [0.25, 0.3) is 0 Å². The van der Waals surface area contributed by atoms with Crippen molar-refractivity contribution in [2.75, 3.05) is 13.2 Å². The first-order chi connectivity index (χ1) is 26.7. The molecular weight excluding hydrogens is 684 g/mol. The minimum Gasteiger partial charge on any atom is -0.374 e. The molecule has 1 N–H and O–H groups in total. The van der Waals surface area contributed by atoms with Crippen molar-refractivity contribution in [3.05, 3.63) is 179 Å². The van der Waals surface area contributed by atoms with Gasteiger partial charge in [-0.05, 0) is 27.8 Å². The smallest absolute Gasteiger partial charge is 0.187 e. The van der Waals surface area contributed by atoms with E-state index in [-0.39, 0.29) is 19.8 Å². The van der Waals surface area contributed by atoms with Gasteiger partial charge in [-0.25, -0.2) is 0 Å². The molecule has 0 amide bonds. The summed E-state index contributed by atoms with van der Waals surface area (Å²) >= 11 is 0. The second kappa shape index (κ2) is 19.9. The van der Waals surface area contributed by atoms with Gasteiger partial charge in [0.2, 0.25) is 0 Å². The molecule has 0 unspecified atom stereocenters. The molecule has 0 spiro atoms. The third-order valence-corrected chi connectivity index (χ3v) is 9.49. The normalized spacial score (nSPS) is 25.2.